The molecule has 170 valence electrons. The lowest BCUT2D eigenvalue weighted by Gasteiger charge is -2.42. The van der Waals surface area contributed by atoms with Crippen LogP contribution in [0.3, 0.4) is 0 Å². The number of piperidine rings is 2. The van der Waals surface area contributed by atoms with E-state index in [-0.39, 0.29) is 11.8 Å². The molecule has 0 atom stereocenters. The van der Waals surface area contributed by atoms with Gasteiger partial charge in [0, 0.05) is 61.3 Å². The van der Waals surface area contributed by atoms with Crippen LogP contribution < -0.4 is 0 Å². The Bertz CT molecular complexity index is 765. The molecule has 7 heteroatoms. The van der Waals surface area contributed by atoms with E-state index >= 15 is 0 Å². The van der Waals surface area contributed by atoms with Gasteiger partial charge in [-0.2, -0.15) is 0 Å². The molecule has 6 nitrogen and oxygen atoms in total. The standard InChI is InChI=1S/C24H35BrN4O2/c1-2-26-14-16-29(17-15-26)23(30)19-6-10-27(11-7-19)22-8-12-28(13-9-22)24(31)20-4-3-5-21(25)18-20/h3-5,18-19,22H,2,6-17H2,1H3. The van der Waals surface area contributed by atoms with E-state index in [1.807, 2.05) is 29.2 Å². The number of halogens is 1. The molecule has 2 amide bonds. The second-order valence-corrected chi connectivity index (χ2v) is 10.0. The average molecular weight is 491 g/mol. The van der Waals surface area contributed by atoms with Crippen LogP contribution in [0.25, 0.3) is 0 Å². The summed E-state index contributed by atoms with van der Waals surface area (Å²) in [6, 6.07) is 8.19. The summed E-state index contributed by atoms with van der Waals surface area (Å²) in [5.41, 5.74) is 0.756. The van der Waals surface area contributed by atoms with E-state index in [9.17, 15) is 9.59 Å². The van der Waals surface area contributed by atoms with Crippen LogP contribution in [0.15, 0.2) is 28.7 Å². The highest BCUT2D eigenvalue weighted by atomic mass is 79.9. The van der Waals surface area contributed by atoms with Crippen molar-refractivity contribution >= 4 is 27.7 Å². The van der Waals surface area contributed by atoms with E-state index in [0.29, 0.717) is 11.9 Å². The molecule has 0 aromatic heterocycles. The number of nitrogens with zero attached hydrogens (tertiary/aromatic N) is 4. The lowest BCUT2D eigenvalue weighted by atomic mass is 9.92. The maximum Gasteiger partial charge on any atom is 0.253 e. The Morgan fingerprint density at radius 3 is 2.19 bits per heavy atom. The Labute approximate surface area is 194 Å². The molecule has 0 bridgehead atoms. The summed E-state index contributed by atoms with van der Waals surface area (Å²) < 4.78 is 0.942. The third-order valence-corrected chi connectivity index (χ3v) is 7.84. The van der Waals surface area contributed by atoms with Gasteiger partial charge >= 0.3 is 0 Å². The fraction of sp³-hybridized carbons (Fsp3) is 0.667. The third-order valence-electron chi connectivity index (χ3n) is 7.35. The molecule has 3 fully saturated rings. The number of benzene rings is 1. The molecule has 3 aliphatic heterocycles. The molecule has 3 saturated heterocycles. The van der Waals surface area contributed by atoms with Gasteiger partial charge in [-0.3, -0.25) is 9.59 Å². The van der Waals surface area contributed by atoms with E-state index in [4.69, 9.17) is 0 Å². The van der Waals surface area contributed by atoms with Gasteiger partial charge in [-0.25, -0.2) is 0 Å². The molecule has 3 heterocycles. The molecule has 0 N–H and O–H groups in total. The van der Waals surface area contributed by atoms with E-state index in [1.165, 1.54) is 0 Å². The summed E-state index contributed by atoms with van der Waals surface area (Å²) in [6.45, 7) is 10.7. The predicted molar refractivity (Wildman–Crippen MR) is 126 cm³/mol. The van der Waals surface area contributed by atoms with Gasteiger partial charge in [-0.1, -0.05) is 28.9 Å². The van der Waals surface area contributed by atoms with Gasteiger partial charge in [-0.05, 0) is 63.5 Å². The van der Waals surface area contributed by atoms with E-state index < -0.39 is 0 Å². The quantitative estimate of drug-likeness (QED) is 0.650. The fourth-order valence-corrected chi connectivity index (χ4v) is 5.69. The summed E-state index contributed by atoms with van der Waals surface area (Å²) in [6.07, 6.45) is 4.00. The number of piperazine rings is 1. The highest BCUT2D eigenvalue weighted by molar-refractivity contribution is 9.10. The van der Waals surface area contributed by atoms with Crippen LogP contribution >= 0.6 is 15.9 Å². The zero-order valence-corrected chi connectivity index (χ0v) is 20.2. The molecule has 1 aromatic carbocycles. The zero-order valence-electron chi connectivity index (χ0n) is 18.6. The summed E-state index contributed by atoms with van der Waals surface area (Å²) >= 11 is 3.46. The number of likely N-dealkylation sites (N-methyl/N-ethyl adjacent to an activating group) is 1. The predicted octanol–water partition coefficient (Wildman–Crippen LogP) is 2.93. The summed E-state index contributed by atoms with van der Waals surface area (Å²) in [4.78, 5) is 34.8. The molecule has 4 rings (SSSR count). The molecular weight excluding hydrogens is 456 g/mol. The molecule has 0 spiro atoms. The Morgan fingerprint density at radius 2 is 1.58 bits per heavy atom. The van der Waals surface area contributed by atoms with Crippen molar-refractivity contribution in [1.29, 1.82) is 0 Å². The van der Waals surface area contributed by atoms with Crippen LogP contribution in [0.2, 0.25) is 0 Å². The minimum absolute atomic E-state index is 0.132. The average Bonchev–Trinajstić information content (AvgIpc) is 2.83. The summed E-state index contributed by atoms with van der Waals surface area (Å²) in [5.74, 6) is 0.708. The van der Waals surface area contributed by atoms with Crippen molar-refractivity contribution in [3.8, 4) is 0 Å². The van der Waals surface area contributed by atoms with Gasteiger partial charge in [0.2, 0.25) is 5.91 Å². The van der Waals surface area contributed by atoms with Crippen LogP contribution in [0, 0.1) is 5.92 Å². The number of carbonyl (C=O) groups is 2. The first-order chi connectivity index (χ1) is 15.0. The van der Waals surface area contributed by atoms with Crippen molar-refractivity contribution in [2.45, 2.75) is 38.6 Å². The van der Waals surface area contributed by atoms with Crippen LogP contribution in [0.4, 0.5) is 0 Å². The van der Waals surface area contributed by atoms with E-state index in [2.05, 4.69) is 37.6 Å². The van der Waals surface area contributed by atoms with Crippen LogP contribution in [0.1, 0.15) is 43.0 Å². The van der Waals surface area contributed by atoms with Crippen LogP contribution in [0.5, 0.6) is 0 Å². The first kappa shape index (κ1) is 22.7. The number of rotatable bonds is 4. The van der Waals surface area contributed by atoms with Gasteiger partial charge in [-0.15, -0.1) is 0 Å². The minimum atomic E-state index is 0.132. The highest BCUT2D eigenvalue weighted by Crippen LogP contribution is 2.26. The molecule has 0 unspecified atom stereocenters. The van der Waals surface area contributed by atoms with Crippen molar-refractivity contribution in [2.24, 2.45) is 5.92 Å². The lowest BCUT2D eigenvalue weighted by Crippen LogP contribution is -2.53. The number of hydrogen-bond acceptors (Lipinski definition) is 4. The van der Waals surface area contributed by atoms with Gasteiger partial charge in [0.05, 0.1) is 0 Å². The number of amides is 2. The first-order valence-electron chi connectivity index (χ1n) is 11.8. The van der Waals surface area contributed by atoms with Gasteiger partial charge in [0.15, 0.2) is 0 Å². The molecule has 1 aromatic rings. The first-order valence-corrected chi connectivity index (χ1v) is 12.6. The van der Waals surface area contributed by atoms with Crippen LogP contribution in [-0.2, 0) is 4.79 Å². The van der Waals surface area contributed by atoms with Crippen molar-refractivity contribution in [3.63, 3.8) is 0 Å². The topological polar surface area (TPSA) is 47.1 Å². The lowest BCUT2D eigenvalue weighted by molar-refractivity contribution is -0.139. The molecule has 0 saturated carbocycles. The Kier molecular flexibility index (Phi) is 7.67. The van der Waals surface area contributed by atoms with Crippen molar-refractivity contribution < 1.29 is 9.59 Å². The van der Waals surface area contributed by atoms with Crippen molar-refractivity contribution in [3.05, 3.63) is 34.3 Å². The third kappa shape index (κ3) is 5.49. The Balaban J connectivity index is 1.21. The normalized spacial score (nSPS) is 22.6. The van der Waals surface area contributed by atoms with Crippen LogP contribution in [-0.4, -0.2) is 96.4 Å². The molecule has 31 heavy (non-hydrogen) atoms. The maximum absolute atomic E-state index is 12.9. The second-order valence-electron chi connectivity index (χ2n) is 9.10. The maximum atomic E-state index is 12.9. The van der Waals surface area contributed by atoms with E-state index in [0.717, 1.165) is 94.6 Å². The number of carbonyl (C=O) groups excluding carboxylic acids is 2. The summed E-state index contributed by atoms with van der Waals surface area (Å²) in [5, 5.41) is 0. The SMILES string of the molecule is CCN1CCN(C(=O)C2CCN(C3CCN(C(=O)c4cccc(Br)c4)CC3)CC2)CC1. The Morgan fingerprint density at radius 1 is 0.903 bits per heavy atom. The van der Waals surface area contributed by atoms with Crippen molar-refractivity contribution in [1.82, 2.24) is 19.6 Å². The number of likely N-dealkylation sites (tertiary alicyclic amines) is 2. The van der Waals surface area contributed by atoms with Crippen molar-refractivity contribution in [2.75, 3.05) is 58.9 Å². The highest BCUT2D eigenvalue weighted by Gasteiger charge is 2.34. The fourth-order valence-electron chi connectivity index (χ4n) is 5.29. The summed E-state index contributed by atoms with van der Waals surface area (Å²) in [7, 11) is 0. The second kappa shape index (κ2) is 10.5. The zero-order chi connectivity index (χ0) is 21.8. The monoisotopic (exact) mass is 490 g/mol. The molecule has 0 aliphatic carbocycles. The minimum Gasteiger partial charge on any atom is -0.340 e. The van der Waals surface area contributed by atoms with E-state index in [1.54, 1.807) is 0 Å². The molecule has 3 aliphatic rings. The molecular formula is C24H35BrN4O2. The Hall–Kier alpha value is -1.44. The smallest absolute Gasteiger partial charge is 0.253 e. The molecule has 0 radical (unpaired) electrons. The van der Waals surface area contributed by atoms with Gasteiger partial charge in [0.25, 0.3) is 5.91 Å². The number of hydrogen-bond donors (Lipinski definition) is 0. The van der Waals surface area contributed by atoms with Gasteiger partial charge < -0.3 is 19.6 Å². The van der Waals surface area contributed by atoms with Gasteiger partial charge in [0.1, 0.15) is 0 Å². The largest absolute Gasteiger partial charge is 0.340 e.